The zero-order chi connectivity index (χ0) is 19.1. The fraction of sp³-hybridized carbons (Fsp3) is 0. The van der Waals surface area contributed by atoms with Crippen molar-refractivity contribution >= 4 is 23.6 Å². The van der Waals surface area contributed by atoms with Crippen molar-refractivity contribution in [1.82, 2.24) is 0 Å². The maximum atomic E-state index is 12.1. The summed E-state index contributed by atoms with van der Waals surface area (Å²) in [7, 11) is 0. The van der Waals surface area contributed by atoms with Gasteiger partial charge >= 0.3 is 11.7 Å². The Labute approximate surface area is 155 Å². The Balaban J connectivity index is 1.76. The molecule has 0 heterocycles. The van der Waals surface area contributed by atoms with Gasteiger partial charge in [-0.15, -0.1) is 0 Å². The Kier molecular flexibility index (Phi) is 5.54. The number of anilines is 1. The van der Waals surface area contributed by atoms with Gasteiger partial charge in [0.25, 0.3) is 0 Å². The highest BCUT2D eigenvalue weighted by Gasteiger charge is 2.19. The van der Waals surface area contributed by atoms with E-state index in [1.54, 1.807) is 36.4 Å². The number of carbonyl (C=O) groups is 1. The van der Waals surface area contributed by atoms with Crippen LogP contribution in [0.1, 0.15) is 15.9 Å². The zero-order valence-corrected chi connectivity index (χ0v) is 14.1. The molecule has 0 saturated carbocycles. The van der Waals surface area contributed by atoms with Crippen molar-refractivity contribution in [1.29, 1.82) is 0 Å². The molecule has 0 saturated heterocycles. The number of rotatable bonds is 6. The molecule has 0 spiro atoms. The molecule has 0 bridgehead atoms. The SMILES string of the molecule is O=C(Oc1ccc(C=NNc2ccccc2)cc1[N+](=O)[O-])c1ccccc1. The molecule has 0 aliphatic heterocycles. The molecule has 27 heavy (non-hydrogen) atoms. The Morgan fingerprint density at radius 2 is 1.67 bits per heavy atom. The average Bonchev–Trinajstić information content (AvgIpc) is 2.70. The molecule has 0 unspecified atom stereocenters. The van der Waals surface area contributed by atoms with Crippen molar-refractivity contribution in [2.24, 2.45) is 5.10 Å². The van der Waals surface area contributed by atoms with Crippen LogP contribution in [0.2, 0.25) is 0 Å². The van der Waals surface area contributed by atoms with Gasteiger partial charge in [-0.2, -0.15) is 5.10 Å². The van der Waals surface area contributed by atoms with Gasteiger partial charge in [0.15, 0.2) is 0 Å². The lowest BCUT2D eigenvalue weighted by molar-refractivity contribution is -0.385. The van der Waals surface area contributed by atoms with Gasteiger partial charge in [0.1, 0.15) is 0 Å². The Hall–Kier alpha value is -4.00. The van der Waals surface area contributed by atoms with Crippen molar-refractivity contribution in [2.45, 2.75) is 0 Å². The van der Waals surface area contributed by atoms with E-state index in [1.165, 1.54) is 18.3 Å². The van der Waals surface area contributed by atoms with Crippen LogP contribution in [0.3, 0.4) is 0 Å². The summed E-state index contributed by atoms with van der Waals surface area (Å²) in [5.74, 6) is -0.784. The first-order chi connectivity index (χ1) is 13.1. The standard InChI is InChI=1S/C20H15N3O4/c24-20(16-7-3-1-4-8-16)27-19-12-11-15(13-18(19)23(25)26)14-21-22-17-9-5-2-6-10-17/h1-14,22H. The summed E-state index contributed by atoms with van der Waals surface area (Å²) in [4.78, 5) is 22.9. The van der Waals surface area contributed by atoms with Crippen LogP contribution in [-0.4, -0.2) is 17.1 Å². The minimum Gasteiger partial charge on any atom is -0.416 e. The number of nitrogens with one attached hydrogen (secondary N) is 1. The molecule has 0 aromatic heterocycles. The molecule has 3 aromatic rings. The van der Waals surface area contributed by atoms with Crippen LogP contribution >= 0.6 is 0 Å². The highest BCUT2D eigenvalue weighted by molar-refractivity contribution is 5.91. The van der Waals surface area contributed by atoms with Gasteiger partial charge in [-0.25, -0.2) is 4.79 Å². The zero-order valence-electron chi connectivity index (χ0n) is 14.1. The molecule has 3 aromatic carbocycles. The van der Waals surface area contributed by atoms with Crippen LogP contribution in [0.25, 0.3) is 0 Å². The van der Waals surface area contributed by atoms with Crippen molar-refractivity contribution in [3.8, 4) is 5.75 Å². The predicted molar refractivity (Wildman–Crippen MR) is 102 cm³/mol. The van der Waals surface area contributed by atoms with Crippen LogP contribution < -0.4 is 10.2 Å². The van der Waals surface area contributed by atoms with Crippen molar-refractivity contribution in [2.75, 3.05) is 5.43 Å². The molecule has 0 atom stereocenters. The van der Waals surface area contributed by atoms with E-state index >= 15 is 0 Å². The van der Waals surface area contributed by atoms with E-state index in [2.05, 4.69) is 10.5 Å². The number of carbonyl (C=O) groups excluding carboxylic acids is 1. The molecule has 134 valence electrons. The van der Waals surface area contributed by atoms with E-state index in [0.717, 1.165) is 5.69 Å². The summed E-state index contributed by atoms with van der Waals surface area (Å²) < 4.78 is 5.18. The highest BCUT2D eigenvalue weighted by atomic mass is 16.6. The van der Waals surface area contributed by atoms with E-state index in [-0.39, 0.29) is 11.4 Å². The number of hydrogen-bond acceptors (Lipinski definition) is 6. The summed E-state index contributed by atoms with van der Waals surface area (Å²) in [6.07, 6.45) is 1.45. The first-order valence-electron chi connectivity index (χ1n) is 8.03. The van der Waals surface area contributed by atoms with Crippen LogP contribution in [0.4, 0.5) is 11.4 Å². The van der Waals surface area contributed by atoms with E-state index < -0.39 is 10.9 Å². The minimum atomic E-state index is -0.661. The molecule has 1 N–H and O–H groups in total. The third-order valence-corrected chi connectivity index (χ3v) is 3.57. The number of ether oxygens (including phenoxy) is 1. The van der Waals surface area contributed by atoms with E-state index in [0.29, 0.717) is 11.1 Å². The number of nitrogens with zero attached hydrogens (tertiary/aromatic N) is 2. The molecule has 0 radical (unpaired) electrons. The fourth-order valence-electron chi connectivity index (χ4n) is 2.27. The molecule has 0 aliphatic rings. The summed E-state index contributed by atoms with van der Waals surface area (Å²) in [6.45, 7) is 0. The molecule has 0 fully saturated rings. The molecule has 0 amide bonds. The van der Waals surface area contributed by atoms with Gasteiger partial charge in [-0.1, -0.05) is 36.4 Å². The lowest BCUT2D eigenvalue weighted by Crippen LogP contribution is -2.09. The van der Waals surface area contributed by atoms with E-state index in [9.17, 15) is 14.9 Å². The number of hydrazone groups is 1. The molecular weight excluding hydrogens is 346 g/mol. The largest absolute Gasteiger partial charge is 0.416 e. The number of nitro groups is 1. The molecule has 7 nitrogen and oxygen atoms in total. The van der Waals surface area contributed by atoms with Crippen LogP contribution in [0.15, 0.2) is 84.0 Å². The van der Waals surface area contributed by atoms with Crippen molar-refractivity contribution < 1.29 is 14.5 Å². The summed E-state index contributed by atoms with van der Waals surface area (Å²) in [5, 5.41) is 15.4. The highest BCUT2D eigenvalue weighted by Crippen LogP contribution is 2.28. The minimum absolute atomic E-state index is 0.123. The van der Waals surface area contributed by atoms with Gasteiger partial charge in [0, 0.05) is 11.6 Å². The predicted octanol–water partition coefficient (Wildman–Crippen LogP) is 4.26. The second-order valence-electron chi connectivity index (χ2n) is 5.48. The van der Waals surface area contributed by atoms with Gasteiger partial charge in [-0.3, -0.25) is 15.5 Å². The number of esters is 1. The second-order valence-corrected chi connectivity index (χ2v) is 5.48. The van der Waals surface area contributed by atoms with Gasteiger partial charge in [-0.05, 0) is 36.4 Å². The summed E-state index contributed by atoms with van der Waals surface area (Å²) >= 11 is 0. The average molecular weight is 361 g/mol. The van der Waals surface area contributed by atoms with Crippen LogP contribution in [0.5, 0.6) is 5.75 Å². The van der Waals surface area contributed by atoms with Crippen LogP contribution in [-0.2, 0) is 0 Å². The smallest absolute Gasteiger partial charge is 0.343 e. The van der Waals surface area contributed by atoms with Crippen LogP contribution in [0, 0.1) is 10.1 Å². The van der Waals surface area contributed by atoms with Crippen molar-refractivity contribution in [3.05, 3.63) is 100 Å². The Morgan fingerprint density at radius 1 is 1.00 bits per heavy atom. The number of hydrogen-bond donors (Lipinski definition) is 1. The molecule has 3 rings (SSSR count). The number of nitro benzene ring substituents is 1. The molecular formula is C20H15N3O4. The fourth-order valence-corrected chi connectivity index (χ4v) is 2.27. The lowest BCUT2D eigenvalue weighted by Gasteiger charge is -2.06. The number of para-hydroxylation sites is 1. The summed E-state index contributed by atoms with van der Waals surface area (Å²) in [6, 6.07) is 21.8. The quantitative estimate of drug-likeness (QED) is 0.233. The lowest BCUT2D eigenvalue weighted by atomic mass is 10.2. The summed E-state index contributed by atoms with van der Waals surface area (Å²) in [5.41, 5.74) is 4.10. The first-order valence-corrected chi connectivity index (χ1v) is 8.03. The third-order valence-electron chi connectivity index (χ3n) is 3.57. The third kappa shape index (κ3) is 4.76. The molecule has 0 aliphatic carbocycles. The maximum absolute atomic E-state index is 12.1. The van der Waals surface area contributed by atoms with Gasteiger partial charge in [0.05, 0.1) is 22.4 Å². The Bertz CT molecular complexity index is 973. The normalized spacial score (nSPS) is 10.5. The maximum Gasteiger partial charge on any atom is 0.343 e. The van der Waals surface area contributed by atoms with E-state index in [1.807, 2.05) is 30.3 Å². The first kappa shape index (κ1) is 17.8. The second kappa shape index (κ2) is 8.39. The molecule has 7 heteroatoms. The Morgan fingerprint density at radius 3 is 2.33 bits per heavy atom. The number of benzene rings is 3. The van der Waals surface area contributed by atoms with E-state index in [4.69, 9.17) is 4.74 Å². The monoisotopic (exact) mass is 361 g/mol. The van der Waals surface area contributed by atoms with Gasteiger partial charge in [0.2, 0.25) is 5.75 Å². The van der Waals surface area contributed by atoms with Gasteiger partial charge < -0.3 is 4.74 Å². The topological polar surface area (TPSA) is 93.8 Å². The van der Waals surface area contributed by atoms with Crippen molar-refractivity contribution in [3.63, 3.8) is 0 Å².